The molecule has 2 aliphatic heterocycles. The van der Waals surface area contributed by atoms with E-state index in [2.05, 4.69) is 24.4 Å². The minimum atomic E-state index is 0.379. The van der Waals surface area contributed by atoms with Gasteiger partial charge in [0.25, 0.3) is 0 Å². The van der Waals surface area contributed by atoms with E-state index in [1.807, 2.05) is 0 Å². The summed E-state index contributed by atoms with van der Waals surface area (Å²) < 4.78 is 16.6. The van der Waals surface area contributed by atoms with Gasteiger partial charge in [0.15, 0.2) is 11.5 Å². The summed E-state index contributed by atoms with van der Waals surface area (Å²) in [6.07, 6.45) is 2.11. The Hall–Kier alpha value is -1.26. The lowest BCUT2D eigenvalue weighted by atomic mass is 9.85. The number of benzene rings is 1. The quantitative estimate of drug-likeness (QED) is 0.917. The fraction of sp³-hybridized carbons (Fsp3) is 0.625. The maximum absolute atomic E-state index is 5.72. The molecule has 0 amide bonds. The Morgan fingerprint density at radius 1 is 1.30 bits per heavy atom. The molecule has 2 atom stereocenters. The highest BCUT2D eigenvalue weighted by Crippen LogP contribution is 2.39. The van der Waals surface area contributed by atoms with Crippen molar-refractivity contribution in [3.63, 3.8) is 0 Å². The van der Waals surface area contributed by atoms with Crippen molar-refractivity contribution in [1.82, 2.24) is 5.32 Å². The van der Waals surface area contributed by atoms with E-state index in [9.17, 15) is 0 Å². The summed E-state index contributed by atoms with van der Waals surface area (Å²) in [6, 6.07) is 4.72. The SMILES string of the molecule is COCCC(C)C1NCCc2cc3c(cc21)OCCO3. The van der Waals surface area contributed by atoms with Crippen LogP contribution in [-0.2, 0) is 11.2 Å². The fourth-order valence-electron chi connectivity index (χ4n) is 3.10. The third-order valence-electron chi connectivity index (χ3n) is 4.24. The first kappa shape index (κ1) is 13.7. The molecule has 0 saturated carbocycles. The van der Waals surface area contributed by atoms with Crippen molar-refractivity contribution in [2.24, 2.45) is 5.92 Å². The van der Waals surface area contributed by atoms with E-state index in [-0.39, 0.29) is 0 Å². The van der Waals surface area contributed by atoms with Crippen LogP contribution in [0.5, 0.6) is 11.5 Å². The summed E-state index contributed by atoms with van der Waals surface area (Å²) in [6.45, 7) is 5.40. The normalized spacial score (nSPS) is 22.2. The van der Waals surface area contributed by atoms with Gasteiger partial charge in [0, 0.05) is 19.8 Å². The van der Waals surface area contributed by atoms with Gasteiger partial charge in [-0.15, -0.1) is 0 Å². The van der Waals surface area contributed by atoms with Gasteiger partial charge in [0.1, 0.15) is 13.2 Å². The van der Waals surface area contributed by atoms with Crippen LogP contribution >= 0.6 is 0 Å². The third kappa shape index (κ3) is 2.63. The second kappa shape index (κ2) is 6.02. The summed E-state index contributed by atoms with van der Waals surface area (Å²) in [5.41, 5.74) is 2.76. The van der Waals surface area contributed by atoms with Crippen LogP contribution in [0.4, 0.5) is 0 Å². The molecule has 0 radical (unpaired) electrons. The van der Waals surface area contributed by atoms with E-state index in [4.69, 9.17) is 14.2 Å². The lowest BCUT2D eigenvalue weighted by molar-refractivity contribution is 0.165. The highest BCUT2D eigenvalue weighted by Gasteiger charge is 2.27. The molecule has 20 heavy (non-hydrogen) atoms. The van der Waals surface area contributed by atoms with Crippen molar-refractivity contribution < 1.29 is 14.2 Å². The Labute approximate surface area is 120 Å². The first-order chi connectivity index (χ1) is 9.79. The molecule has 0 bridgehead atoms. The average molecular weight is 277 g/mol. The number of rotatable bonds is 4. The molecule has 0 saturated heterocycles. The number of ether oxygens (including phenoxy) is 3. The second-order valence-electron chi connectivity index (χ2n) is 5.64. The standard InChI is InChI=1S/C16H23NO3/c1-11(4-6-18-2)16-13-10-15-14(19-7-8-20-15)9-12(13)3-5-17-16/h9-11,16-17H,3-8H2,1-2H3. The van der Waals surface area contributed by atoms with Gasteiger partial charge in [0.2, 0.25) is 0 Å². The van der Waals surface area contributed by atoms with Crippen LogP contribution in [0.2, 0.25) is 0 Å². The second-order valence-corrected chi connectivity index (χ2v) is 5.64. The van der Waals surface area contributed by atoms with Gasteiger partial charge in [0.05, 0.1) is 0 Å². The molecule has 0 fully saturated rings. The van der Waals surface area contributed by atoms with E-state index >= 15 is 0 Å². The van der Waals surface area contributed by atoms with Gasteiger partial charge in [-0.3, -0.25) is 0 Å². The molecule has 4 heteroatoms. The van der Waals surface area contributed by atoms with E-state index in [1.165, 1.54) is 11.1 Å². The molecule has 0 aromatic heterocycles. The smallest absolute Gasteiger partial charge is 0.161 e. The molecule has 1 aromatic rings. The van der Waals surface area contributed by atoms with Crippen LogP contribution in [0, 0.1) is 5.92 Å². The van der Waals surface area contributed by atoms with Gasteiger partial charge in [-0.05, 0) is 48.6 Å². The monoisotopic (exact) mass is 277 g/mol. The third-order valence-corrected chi connectivity index (χ3v) is 4.24. The molecule has 3 rings (SSSR count). The molecule has 110 valence electrons. The predicted molar refractivity (Wildman–Crippen MR) is 77.5 cm³/mol. The van der Waals surface area contributed by atoms with Crippen LogP contribution in [0.1, 0.15) is 30.5 Å². The first-order valence-corrected chi connectivity index (χ1v) is 7.44. The summed E-state index contributed by atoms with van der Waals surface area (Å²) in [5, 5.41) is 3.64. The van der Waals surface area contributed by atoms with Crippen LogP contribution < -0.4 is 14.8 Å². The van der Waals surface area contributed by atoms with E-state index in [0.29, 0.717) is 25.2 Å². The lowest BCUT2D eigenvalue weighted by Crippen LogP contribution is -2.34. The molecule has 1 aromatic carbocycles. The van der Waals surface area contributed by atoms with Gasteiger partial charge in [-0.2, -0.15) is 0 Å². The van der Waals surface area contributed by atoms with E-state index < -0.39 is 0 Å². The molecule has 1 N–H and O–H groups in total. The molecular formula is C16H23NO3. The van der Waals surface area contributed by atoms with E-state index in [0.717, 1.165) is 37.5 Å². The minimum absolute atomic E-state index is 0.379. The summed E-state index contributed by atoms with van der Waals surface area (Å²) in [5.74, 6) is 2.33. The van der Waals surface area contributed by atoms with Crippen molar-refractivity contribution >= 4 is 0 Å². The maximum atomic E-state index is 5.72. The number of nitrogens with one attached hydrogen (secondary N) is 1. The molecule has 4 nitrogen and oxygen atoms in total. The summed E-state index contributed by atoms with van der Waals surface area (Å²) in [7, 11) is 1.76. The van der Waals surface area contributed by atoms with Gasteiger partial charge >= 0.3 is 0 Å². The van der Waals surface area contributed by atoms with Crippen LogP contribution in [0.3, 0.4) is 0 Å². The minimum Gasteiger partial charge on any atom is -0.486 e. The zero-order valence-corrected chi connectivity index (χ0v) is 12.3. The van der Waals surface area contributed by atoms with E-state index in [1.54, 1.807) is 7.11 Å². The Morgan fingerprint density at radius 2 is 2.05 bits per heavy atom. The summed E-state index contributed by atoms with van der Waals surface area (Å²) >= 11 is 0. The predicted octanol–water partition coefficient (Wildman–Crippen LogP) is 2.32. The zero-order chi connectivity index (χ0) is 13.9. The van der Waals surface area contributed by atoms with Gasteiger partial charge in [-0.25, -0.2) is 0 Å². The zero-order valence-electron chi connectivity index (χ0n) is 12.3. The lowest BCUT2D eigenvalue weighted by Gasteiger charge is -2.33. The summed E-state index contributed by atoms with van der Waals surface area (Å²) in [4.78, 5) is 0. The molecule has 0 spiro atoms. The largest absolute Gasteiger partial charge is 0.486 e. The number of methoxy groups -OCH3 is 1. The fourth-order valence-corrected chi connectivity index (χ4v) is 3.10. The first-order valence-electron chi connectivity index (χ1n) is 7.44. The molecule has 2 heterocycles. The average Bonchev–Trinajstić information content (AvgIpc) is 2.50. The van der Waals surface area contributed by atoms with Crippen molar-refractivity contribution in [1.29, 1.82) is 0 Å². The number of fused-ring (bicyclic) bond motifs is 2. The van der Waals surface area contributed by atoms with Gasteiger partial charge in [-0.1, -0.05) is 6.92 Å². The highest BCUT2D eigenvalue weighted by atomic mass is 16.6. The van der Waals surface area contributed by atoms with Crippen LogP contribution in [0.15, 0.2) is 12.1 Å². The van der Waals surface area contributed by atoms with Crippen LogP contribution in [0.25, 0.3) is 0 Å². The number of hydrogen-bond acceptors (Lipinski definition) is 4. The van der Waals surface area contributed by atoms with Crippen molar-refractivity contribution in [3.8, 4) is 11.5 Å². The Kier molecular flexibility index (Phi) is 4.13. The topological polar surface area (TPSA) is 39.7 Å². The molecule has 2 aliphatic rings. The van der Waals surface area contributed by atoms with Crippen molar-refractivity contribution in [3.05, 3.63) is 23.3 Å². The molecular weight excluding hydrogens is 254 g/mol. The highest BCUT2D eigenvalue weighted by molar-refractivity contribution is 5.50. The van der Waals surface area contributed by atoms with Crippen molar-refractivity contribution in [2.45, 2.75) is 25.8 Å². The Morgan fingerprint density at radius 3 is 2.80 bits per heavy atom. The molecule has 0 aliphatic carbocycles. The van der Waals surface area contributed by atoms with Crippen molar-refractivity contribution in [2.75, 3.05) is 33.5 Å². The Balaban J connectivity index is 1.87. The van der Waals surface area contributed by atoms with Crippen LogP contribution in [-0.4, -0.2) is 33.5 Å². The molecule has 2 unspecified atom stereocenters. The Bertz CT molecular complexity index is 475. The maximum Gasteiger partial charge on any atom is 0.161 e. The van der Waals surface area contributed by atoms with Gasteiger partial charge < -0.3 is 19.5 Å². The number of hydrogen-bond donors (Lipinski definition) is 1.